The van der Waals surface area contributed by atoms with E-state index in [2.05, 4.69) is 44.8 Å². The fourth-order valence-corrected chi connectivity index (χ4v) is 2.95. The van der Waals surface area contributed by atoms with Gasteiger partial charge in [0.1, 0.15) is 5.82 Å². The van der Waals surface area contributed by atoms with Gasteiger partial charge in [0, 0.05) is 30.4 Å². The lowest BCUT2D eigenvalue weighted by atomic mass is 10.2. The first kappa shape index (κ1) is 13.7. The molecule has 1 N–H and O–H groups in total. The second-order valence-corrected chi connectivity index (χ2v) is 6.12. The Hall–Kier alpha value is -1.24. The Bertz CT molecular complexity index is 596. The van der Waals surface area contributed by atoms with Gasteiger partial charge < -0.3 is 5.32 Å². The highest BCUT2D eigenvalue weighted by atomic mass is 127. The van der Waals surface area contributed by atoms with Gasteiger partial charge in [-0.05, 0) is 54.0 Å². The fraction of sp³-hybridized carbons (Fsp3) is 0.400. The zero-order valence-electron chi connectivity index (χ0n) is 11.4. The van der Waals surface area contributed by atoms with Crippen molar-refractivity contribution in [2.75, 3.05) is 11.9 Å². The third-order valence-electron chi connectivity index (χ3n) is 3.30. The highest BCUT2D eigenvalue weighted by Crippen LogP contribution is 2.42. The Morgan fingerprint density at radius 1 is 1.35 bits per heavy atom. The van der Waals surface area contributed by atoms with E-state index in [0.29, 0.717) is 5.92 Å². The quantitative estimate of drug-likeness (QED) is 0.801. The number of nitrogens with one attached hydrogen (secondary N) is 1. The van der Waals surface area contributed by atoms with Gasteiger partial charge in [0.05, 0.1) is 9.26 Å². The number of hydrogen-bond donors (Lipinski definition) is 1. The van der Waals surface area contributed by atoms with Gasteiger partial charge in [-0.25, -0.2) is 9.97 Å². The van der Waals surface area contributed by atoms with Crippen molar-refractivity contribution < 1.29 is 0 Å². The van der Waals surface area contributed by atoms with Crippen molar-refractivity contribution in [2.45, 2.75) is 32.1 Å². The summed E-state index contributed by atoms with van der Waals surface area (Å²) in [4.78, 5) is 13.6. The molecule has 0 aromatic carbocycles. The smallest absolute Gasteiger partial charge is 0.163 e. The molecule has 1 aliphatic carbocycles. The SMILES string of the molecule is CCCNc1nc(-c2cccnc2)nc(C2CC2)c1I. The lowest BCUT2D eigenvalue weighted by Crippen LogP contribution is -2.08. The molecule has 2 aromatic rings. The van der Waals surface area contributed by atoms with Gasteiger partial charge in [-0.1, -0.05) is 6.92 Å². The number of pyridine rings is 1. The van der Waals surface area contributed by atoms with Crippen molar-refractivity contribution in [2.24, 2.45) is 0 Å². The molecular formula is C15H17IN4. The van der Waals surface area contributed by atoms with Crippen molar-refractivity contribution in [1.82, 2.24) is 15.0 Å². The van der Waals surface area contributed by atoms with E-state index in [1.165, 1.54) is 22.1 Å². The van der Waals surface area contributed by atoms with E-state index in [1.807, 2.05) is 18.3 Å². The molecule has 104 valence electrons. The van der Waals surface area contributed by atoms with Crippen LogP contribution in [0.15, 0.2) is 24.5 Å². The van der Waals surface area contributed by atoms with E-state index in [-0.39, 0.29) is 0 Å². The van der Waals surface area contributed by atoms with Crippen LogP contribution in [0.1, 0.15) is 37.8 Å². The highest BCUT2D eigenvalue weighted by molar-refractivity contribution is 14.1. The molecule has 2 aromatic heterocycles. The molecular weight excluding hydrogens is 363 g/mol. The molecule has 0 amide bonds. The molecule has 3 rings (SSSR count). The molecule has 20 heavy (non-hydrogen) atoms. The predicted molar refractivity (Wildman–Crippen MR) is 88.7 cm³/mol. The summed E-state index contributed by atoms with van der Waals surface area (Å²) >= 11 is 2.37. The lowest BCUT2D eigenvalue weighted by Gasteiger charge is -2.12. The maximum atomic E-state index is 4.77. The van der Waals surface area contributed by atoms with Crippen molar-refractivity contribution in [1.29, 1.82) is 0 Å². The predicted octanol–water partition coefficient (Wildman–Crippen LogP) is 3.84. The number of anilines is 1. The second-order valence-electron chi connectivity index (χ2n) is 5.04. The Balaban J connectivity index is 2.03. The van der Waals surface area contributed by atoms with Crippen molar-refractivity contribution >= 4 is 28.4 Å². The van der Waals surface area contributed by atoms with Crippen LogP contribution in [0.3, 0.4) is 0 Å². The van der Waals surface area contributed by atoms with E-state index in [0.717, 1.165) is 30.2 Å². The van der Waals surface area contributed by atoms with Crippen molar-refractivity contribution in [3.8, 4) is 11.4 Å². The zero-order valence-corrected chi connectivity index (χ0v) is 13.6. The standard InChI is InChI=1S/C15H17IN4/c1-2-7-18-15-12(16)13(10-5-6-10)19-14(20-15)11-4-3-8-17-9-11/h3-4,8-10H,2,5-7H2,1H3,(H,18,19,20). The molecule has 0 aliphatic heterocycles. The summed E-state index contributed by atoms with van der Waals surface area (Å²) in [6.45, 7) is 3.09. The average Bonchev–Trinajstić information content (AvgIpc) is 3.32. The van der Waals surface area contributed by atoms with Gasteiger partial charge in [-0.15, -0.1) is 0 Å². The minimum Gasteiger partial charge on any atom is -0.369 e. The van der Waals surface area contributed by atoms with Gasteiger partial charge in [0.2, 0.25) is 0 Å². The lowest BCUT2D eigenvalue weighted by molar-refractivity contribution is 0.938. The molecule has 1 fully saturated rings. The van der Waals surface area contributed by atoms with Crippen LogP contribution in [0.25, 0.3) is 11.4 Å². The van der Waals surface area contributed by atoms with Crippen molar-refractivity contribution in [3.05, 3.63) is 33.8 Å². The molecule has 0 unspecified atom stereocenters. The maximum absolute atomic E-state index is 4.77. The topological polar surface area (TPSA) is 50.7 Å². The Morgan fingerprint density at radius 2 is 2.20 bits per heavy atom. The zero-order chi connectivity index (χ0) is 13.9. The summed E-state index contributed by atoms with van der Waals surface area (Å²) in [5.41, 5.74) is 2.17. The molecule has 0 spiro atoms. The van der Waals surface area contributed by atoms with E-state index >= 15 is 0 Å². The Morgan fingerprint density at radius 3 is 2.85 bits per heavy atom. The van der Waals surface area contributed by atoms with E-state index in [4.69, 9.17) is 4.98 Å². The molecule has 1 aliphatic rings. The van der Waals surface area contributed by atoms with Crippen LogP contribution in [-0.2, 0) is 0 Å². The summed E-state index contributed by atoms with van der Waals surface area (Å²) in [6, 6.07) is 3.93. The molecule has 1 saturated carbocycles. The molecule has 0 saturated heterocycles. The summed E-state index contributed by atoms with van der Waals surface area (Å²) in [5.74, 6) is 2.35. The minimum absolute atomic E-state index is 0.613. The maximum Gasteiger partial charge on any atom is 0.163 e. The largest absolute Gasteiger partial charge is 0.369 e. The van der Waals surface area contributed by atoms with Crippen LogP contribution in [0, 0.1) is 3.57 Å². The summed E-state index contributed by atoms with van der Waals surface area (Å²) in [5, 5.41) is 3.42. The number of nitrogens with zero attached hydrogens (tertiary/aromatic N) is 3. The highest BCUT2D eigenvalue weighted by Gasteiger charge is 2.29. The van der Waals surface area contributed by atoms with Crippen LogP contribution in [0.4, 0.5) is 5.82 Å². The third-order valence-corrected chi connectivity index (χ3v) is 4.37. The monoisotopic (exact) mass is 380 g/mol. The number of hydrogen-bond acceptors (Lipinski definition) is 4. The van der Waals surface area contributed by atoms with Crippen LogP contribution in [0.2, 0.25) is 0 Å². The molecule has 4 nitrogen and oxygen atoms in total. The van der Waals surface area contributed by atoms with Gasteiger partial charge in [-0.3, -0.25) is 4.98 Å². The Labute approximate surface area is 132 Å². The average molecular weight is 380 g/mol. The first-order valence-electron chi connectivity index (χ1n) is 7.01. The van der Waals surface area contributed by atoms with Gasteiger partial charge in [-0.2, -0.15) is 0 Å². The normalized spacial score (nSPS) is 14.3. The Kier molecular flexibility index (Phi) is 4.14. The molecule has 0 bridgehead atoms. The number of aromatic nitrogens is 3. The first-order chi connectivity index (χ1) is 9.79. The number of halogens is 1. The van der Waals surface area contributed by atoms with E-state index in [1.54, 1.807) is 6.20 Å². The summed E-state index contributed by atoms with van der Waals surface area (Å²) in [7, 11) is 0. The van der Waals surface area contributed by atoms with Gasteiger partial charge in [0.25, 0.3) is 0 Å². The number of rotatable bonds is 5. The van der Waals surface area contributed by atoms with Gasteiger partial charge >= 0.3 is 0 Å². The van der Waals surface area contributed by atoms with Crippen LogP contribution in [0.5, 0.6) is 0 Å². The first-order valence-corrected chi connectivity index (χ1v) is 8.09. The minimum atomic E-state index is 0.613. The van der Waals surface area contributed by atoms with Crippen LogP contribution in [-0.4, -0.2) is 21.5 Å². The van der Waals surface area contributed by atoms with Crippen molar-refractivity contribution in [3.63, 3.8) is 0 Å². The fourth-order valence-electron chi connectivity index (χ4n) is 2.08. The van der Waals surface area contributed by atoms with Gasteiger partial charge in [0.15, 0.2) is 5.82 Å². The summed E-state index contributed by atoms with van der Waals surface area (Å²) in [6.07, 6.45) is 7.16. The molecule has 2 heterocycles. The van der Waals surface area contributed by atoms with E-state index < -0.39 is 0 Å². The molecule has 5 heteroatoms. The van der Waals surface area contributed by atoms with Crippen LogP contribution < -0.4 is 5.32 Å². The molecule has 0 atom stereocenters. The third kappa shape index (κ3) is 2.92. The van der Waals surface area contributed by atoms with E-state index in [9.17, 15) is 0 Å². The van der Waals surface area contributed by atoms with Crippen LogP contribution >= 0.6 is 22.6 Å². The second kappa shape index (κ2) is 6.03. The summed E-state index contributed by atoms with van der Waals surface area (Å²) < 4.78 is 1.17. The molecule has 0 radical (unpaired) electrons.